The average Bonchev–Trinajstić information content (AvgIpc) is 2.73. The molecule has 2 fully saturated rings. The maximum Gasteiger partial charge on any atom is 0.169 e. The lowest BCUT2D eigenvalue weighted by molar-refractivity contribution is -0.120. The van der Waals surface area contributed by atoms with Crippen molar-refractivity contribution in [3.8, 4) is 0 Å². The van der Waals surface area contributed by atoms with E-state index in [4.69, 9.17) is 9.47 Å². The molecular formula is C11H22N2O2. The van der Waals surface area contributed by atoms with E-state index in [1.807, 2.05) is 0 Å². The predicted octanol–water partition coefficient (Wildman–Crippen LogP) is 0.385. The predicted molar refractivity (Wildman–Crippen MR) is 58.8 cm³/mol. The van der Waals surface area contributed by atoms with Crippen LogP contribution in [0.1, 0.15) is 12.8 Å². The van der Waals surface area contributed by atoms with Crippen molar-refractivity contribution in [2.45, 2.75) is 25.2 Å². The molecule has 0 N–H and O–H groups in total. The molecule has 2 heterocycles. The summed E-state index contributed by atoms with van der Waals surface area (Å²) in [6, 6.07) is 0.785. The van der Waals surface area contributed by atoms with Gasteiger partial charge in [-0.3, -0.25) is 9.80 Å². The van der Waals surface area contributed by atoms with E-state index < -0.39 is 0 Å². The van der Waals surface area contributed by atoms with Crippen molar-refractivity contribution in [2.24, 2.45) is 0 Å². The molecule has 0 aromatic rings. The molecule has 2 rings (SSSR count). The summed E-state index contributed by atoms with van der Waals surface area (Å²) in [6.07, 6.45) is 2.66. The van der Waals surface area contributed by atoms with Gasteiger partial charge >= 0.3 is 0 Å². The summed E-state index contributed by atoms with van der Waals surface area (Å²) in [5.74, 6) is 0. The molecule has 0 saturated carbocycles. The Labute approximate surface area is 92.1 Å². The van der Waals surface area contributed by atoms with E-state index in [1.165, 1.54) is 32.5 Å². The zero-order valence-corrected chi connectivity index (χ0v) is 9.82. The van der Waals surface area contributed by atoms with Crippen LogP contribution >= 0.6 is 0 Å². The molecule has 4 heteroatoms. The van der Waals surface area contributed by atoms with Crippen LogP contribution in [0.2, 0.25) is 0 Å². The van der Waals surface area contributed by atoms with Crippen LogP contribution in [0.4, 0.5) is 0 Å². The van der Waals surface area contributed by atoms with Crippen molar-refractivity contribution in [1.82, 2.24) is 9.80 Å². The summed E-state index contributed by atoms with van der Waals surface area (Å²) in [6.45, 7) is 5.75. The van der Waals surface area contributed by atoms with Gasteiger partial charge in [-0.2, -0.15) is 0 Å². The fourth-order valence-corrected chi connectivity index (χ4v) is 2.68. The Kier molecular flexibility index (Phi) is 3.97. The second-order valence-corrected chi connectivity index (χ2v) is 4.49. The first-order valence-electron chi connectivity index (χ1n) is 5.85. The van der Waals surface area contributed by atoms with E-state index in [0.717, 1.165) is 19.1 Å². The van der Waals surface area contributed by atoms with E-state index in [2.05, 4.69) is 9.80 Å². The van der Waals surface area contributed by atoms with Gasteiger partial charge in [0.1, 0.15) is 0 Å². The van der Waals surface area contributed by atoms with Gasteiger partial charge in [0.15, 0.2) is 6.29 Å². The van der Waals surface area contributed by atoms with E-state index in [1.54, 1.807) is 14.2 Å². The number of hydrogen-bond acceptors (Lipinski definition) is 4. The quantitative estimate of drug-likeness (QED) is 0.632. The number of rotatable bonds is 4. The van der Waals surface area contributed by atoms with Crippen LogP contribution in [0.5, 0.6) is 0 Å². The number of nitrogens with zero attached hydrogens (tertiary/aromatic N) is 2. The molecule has 0 radical (unpaired) electrons. The van der Waals surface area contributed by atoms with Crippen molar-refractivity contribution in [1.29, 1.82) is 0 Å². The van der Waals surface area contributed by atoms with Crippen LogP contribution < -0.4 is 0 Å². The third-order valence-electron chi connectivity index (χ3n) is 3.60. The highest BCUT2D eigenvalue weighted by Crippen LogP contribution is 2.21. The van der Waals surface area contributed by atoms with Crippen LogP contribution in [0.3, 0.4) is 0 Å². The van der Waals surface area contributed by atoms with E-state index >= 15 is 0 Å². The Morgan fingerprint density at radius 3 is 2.73 bits per heavy atom. The smallest absolute Gasteiger partial charge is 0.169 e. The average molecular weight is 214 g/mol. The maximum absolute atomic E-state index is 5.24. The van der Waals surface area contributed by atoms with Gasteiger partial charge in [-0.05, 0) is 19.4 Å². The van der Waals surface area contributed by atoms with Crippen molar-refractivity contribution in [3.63, 3.8) is 0 Å². The number of methoxy groups -OCH3 is 2. The monoisotopic (exact) mass is 214 g/mol. The first-order valence-corrected chi connectivity index (χ1v) is 5.85. The fraction of sp³-hybridized carbons (Fsp3) is 1.00. The highest BCUT2D eigenvalue weighted by atomic mass is 16.7. The van der Waals surface area contributed by atoms with Crippen LogP contribution in [0.15, 0.2) is 0 Å². The van der Waals surface area contributed by atoms with Gasteiger partial charge in [0, 0.05) is 46.4 Å². The molecule has 0 aromatic carbocycles. The molecule has 0 aliphatic carbocycles. The number of ether oxygens (including phenoxy) is 2. The van der Waals surface area contributed by atoms with Gasteiger partial charge in [-0.15, -0.1) is 0 Å². The molecule has 1 atom stereocenters. The van der Waals surface area contributed by atoms with Crippen molar-refractivity contribution in [3.05, 3.63) is 0 Å². The largest absolute Gasteiger partial charge is 0.355 e. The number of piperazine rings is 1. The van der Waals surface area contributed by atoms with E-state index in [0.29, 0.717) is 0 Å². The van der Waals surface area contributed by atoms with Crippen molar-refractivity contribution < 1.29 is 9.47 Å². The van der Waals surface area contributed by atoms with Crippen LogP contribution in [-0.4, -0.2) is 69.1 Å². The summed E-state index contributed by atoms with van der Waals surface area (Å²) in [5.41, 5.74) is 0. The first-order chi connectivity index (χ1) is 7.33. The zero-order chi connectivity index (χ0) is 10.7. The topological polar surface area (TPSA) is 24.9 Å². The fourth-order valence-electron chi connectivity index (χ4n) is 2.68. The SMILES string of the molecule is COC(CN1CCN2CCCC2C1)OC. The summed E-state index contributed by atoms with van der Waals surface area (Å²) in [5, 5.41) is 0. The third kappa shape index (κ3) is 2.69. The van der Waals surface area contributed by atoms with Crippen LogP contribution in [0.25, 0.3) is 0 Å². The summed E-state index contributed by atoms with van der Waals surface area (Å²) in [4.78, 5) is 5.08. The molecule has 0 aromatic heterocycles. The maximum atomic E-state index is 5.24. The van der Waals surface area contributed by atoms with Gasteiger partial charge < -0.3 is 9.47 Å². The molecule has 0 bridgehead atoms. The van der Waals surface area contributed by atoms with Crippen LogP contribution in [-0.2, 0) is 9.47 Å². The number of hydrogen-bond donors (Lipinski definition) is 0. The third-order valence-corrected chi connectivity index (χ3v) is 3.60. The molecule has 1 unspecified atom stereocenters. The number of fused-ring (bicyclic) bond motifs is 1. The van der Waals surface area contributed by atoms with Crippen molar-refractivity contribution in [2.75, 3.05) is 46.9 Å². The zero-order valence-electron chi connectivity index (χ0n) is 9.82. The summed E-state index contributed by atoms with van der Waals surface area (Å²) >= 11 is 0. The minimum absolute atomic E-state index is 0.0713. The molecule has 0 amide bonds. The lowest BCUT2D eigenvalue weighted by atomic mass is 10.1. The van der Waals surface area contributed by atoms with Gasteiger partial charge in [0.05, 0.1) is 0 Å². The lowest BCUT2D eigenvalue weighted by Crippen LogP contribution is -2.52. The van der Waals surface area contributed by atoms with E-state index in [9.17, 15) is 0 Å². The van der Waals surface area contributed by atoms with Gasteiger partial charge in [-0.25, -0.2) is 0 Å². The van der Waals surface area contributed by atoms with Gasteiger partial charge in [-0.1, -0.05) is 0 Å². The Morgan fingerprint density at radius 1 is 1.20 bits per heavy atom. The molecule has 2 aliphatic rings. The van der Waals surface area contributed by atoms with Gasteiger partial charge in [0.2, 0.25) is 0 Å². The Morgan fingerprint density at radius 2 is 2.00 bits per heavy atom. The second kappa shape index (κ2) is 5.25. The highest BCUT2D eigenvalue weighted by Gasteiger charge is 2.31. The standard InChI is InChI=1S/C11H22N2O2/c1-14-11(15-2)9-12-6-7-13-5-3-4-10(13)8-12/h10-11H,3-9H2,1-2H3. The van der Waals surface area contributed by atoms with Crippen molar-refractivity contribution >= 4 is 0 Å². The molecule has 0 spiro atoms. The lowest BCUT2D eigenvalue weighted by Gasteiger charge is -2.38. The minimum atomic E-state index is -0.0713. The first kappa shape index (κ1) is 11.3. The molecule has 15 heavy (non-hydrogen) atoms. The summed E-state index contributed by atoms with van der Waals surface area (Å²) in [7, 11) is 3.42. The Balaban J connectivity index is 1.79. The second-order valence-electron chi connectivity index (χ2n) is 4.49. The summed E-state index contributed by atoms with van der Waals surface area (Å²) < 4.78 is 10.5. The molecule has 2 aliphatic heterocycles. The van der Waals surface area contributed by atoms with Crippen LogP contribution in [0, 0.1) is 0 Å². The van der Waals surface area contributed by atoms with Gasteiger partial charge in [0.25, 0.3) is 0 Å². The van der Waals surface area contributed by atoms with E-state index in [-0.39, 0.29) is 6.29 Å². The minimum Gasteiger partial charge on any atom is -0.355 e. The Bertz CT molecular complexity index is 195. The molecule has 88 valence electrons. The highest BCUT2D eigenvalue weighted by molar-refractivity contribution is 4.86. The molecule has 2 saturated heterocycles. The normalized spacial score (nSPS) is 28.6. The molecule has 4 nitrogen and oxygen atoms in total. The molecular weight excluding hydrogens is 192 g/mol. The Hall–Kier alpha value is -0.160.